The van der Waals surface area contributed by atoms with Gasteiger partial charge in [0.25, 0.3) is 0 Å². The van der Waals surface area contributed by atoms with E-state index in [-0.39, 0.29) is 11.3 Å². The lowest BCUT2D eigenvalue weighted by molar-refractivity contribution is 1.38. The molecule has 22 heavy (non-hydrogen) atoms. The maximum absolute atomic E-state index is 9.08. The van der Waals surface area contributed by atoms with Gasteiger partial charge in [0.15, 0.2) is 5.57 Å². The van der Waals surface area contributed by atoms with Gasteiger partial charge in [-0.15, -0.1) is 11.3 Å². The number of benzene rings is 2. The van der Waals surface area contributed by atoms with Crippen molar-refractivity contribution < 1.29 is 0 Å². The van der Waals surface area contributed by atoms with Gasteiger partial charge in [-0.3, -0.25) is 0 Å². The van der Waals surface area contributed by atoms with E-state index in [9.17, 15) is 0 Å². The molecule has 102 valence electrons. The van der Waals surface area contributed by atoms with Gasteiger partial charge in [0.1, 0.15) is 23.9 Å². The fourth-order valence-electron chi connectivity index (χ4n) is 2.23. The summed E-state index contributed by atoms with van der Waals surface area (Å²) >= 11 is 1.66. The second kappa shape index (κ2) is 5.58. The number of allylic oxidation sites excluding steroid dienone is 2. The van der Waals surface area contributed by atoms with Crippen LogP contribution in [0.4, 0.5) is 5.69 Å². The average Bonchev–Trinajstić information content (AvgIpc) is 2.92. The van der Waals surface area contributed by atoms with Gasteiger partial charge >= 0.3 is 0 Å². The van der Waals surface area contributed by atoms with Crippen molar-refractivity contribution in [2.24, 2.45) is 0 Å². The Morgan fingerprint density at radius 2 is 1.59 bits per heavy atom. The lowest BCUT2D eigenvalue weighted by atomic mass is 10.1. The monoisotopic (exact) mass is 300 g/mol. The van der Waals surface area contributed by atoms with Gasteiger partial charge in [-0.1, -0.05) is 24.3 Å². The molecule has 4 nitrogen and oxygen atoms in total. The molecular formula is C17H8N4S. The van der Waals surface area contributed by atoms with E-state index in [0.29, 0.717) is 5.69 Å². The van der Waals surface area contributed by atoms with Gasteiger partial charge in [-0.25, -0.2) is 0 Å². The van der Waals surface area contributed by atoms with Crippen molar-refractivity contribution in [2.75, 3.05) is 5.32 Å². The smallest absolute Gasteiger partial charge is 0.163 e. The standard InChI is InChI=1S/C17H8N4S/c18-8-11(9-19)15(10-20)21-12-5-6-14-13-3-1-2-4-16(13)22-17(14)7-12/h1-7,21H. The highest BCUT2D eigenvalue weighted by Crippen LogP contribution is 2.35. The van der Waals surface area contributed by atoms with Gasteiger partial charge < -0.3 is 5.32 Å². The van der Waals surface area contributed by atoms with Gasteiger partial charge in [0, 0.05) is 25.9 Å². The molecule has 0 spiro atoms. The van der Waals surface area contributed by atoms with E-state index in [1.54, 1.807) is 23.5 Å². The first-order valence-electron chi connectivity index (χ1n) is 6.39. The molecule has 3 rings (SSSR count). The molecule has 1 aromatic heterocycles. The summed E-state index contributed by atoms with van der Waals surface area (Å²) in [5.41, 5.74) is 0.419. The fraction of sp³-hybridized carbons (Fsp3) is 0. The molecule has 1 heterocycles. The van der Waals surface area contributed by atoms with E-state index in [0.717, 1.165) is 10.1 Å². The zero-order valence-electron chi connectivity index (χ0n) is 11.3. The number of nitrogens with zero attached hydrogens (tertiary/aromatic N) is 3. The molecule has 0 saturated heterocycles. The van der Waals surface area contributed by atoms with Gasteiger partial charge in [0.05, 0.1) is 0 Å². The van der Waals surface area contributed by atoms with Crippen LogP contribution in [0.15, 0.2) is 53.7 Å². The maximum atomic E-state index is 9.08. The summed E-state index contributed by atoms with van der Waals surface area (Å²) in [6, 6.07) is 19.2. The van der Waals surface area contributed by atoms with Gasteiger partial charge in [-0.05, 0) is 18.2 Å². The van der Waals surface area contributed by atoms with Crippen molar-refractivity contribution in [1.82, 2.24) is 0 Å². The molecule has 0 unspecified atom stereocenters. The Morgan fingerprint density at radius 3 is 2.32 bits per heavy atom. The first kappa shape index (κ1) is 13.6. The molecule has 3 aromatic rings. The largest absolute Gasteiger partial charge is 0.345 e. The molecule has 0 bridgehead atoms. The van der Waals surface area contributed by atoms with Crippen LogP contribution in [0.2, 0.25) is 0 Å². The van der Waals surface area contributed by atoms with Crippen LogP contribution in [-0.4, -0.2) is 0 Å². The number of fused-ring (bicyclic) bond motifs is 3. The summed E-state index contributed by atoms with van der Waals surface area (Å²) in [6.45, 7) is 0. The zero-order chi connectivity index (χ0) is 15.5. The molecule has 2 aromatic carbocycles. The SMILES string of the molecule is N#CC(C#N)=C(C#N)Nc1ccc2c(c1)sc1ccccc12. The lowest BCUT2D eigenvalue weighted by Gasteiger charge is -2.04. The summed E-state index contributed by atoms with van der Waals surface area (Å²) in [6.07, 6.45) is 0. The van der Waals surface area contributed by atoms with Crippen molar-refractivity contribution in [3.05, 3.63) is 53.7 Å². The molecule has 0 fully saturated rings. The maximum Gasteiger partial charge on any atom is 0.163 e. The number of hydrogen-bond acceptors (Lipinski definition) is 5. The van der Waals surface area contributed by atoms with Crippen molar-refractivity contribution in [2.45, 2.75) is 0 Å². The zero-order valence-corrected chi connectivity index (χ0v) is 12.1. The molecule has 0 aliphatic carbocycles. The minimum absolute atomic E-state index is 0.0366. The van der Waals surface area contributed by atoms with Crippen molar-refractivity contribution in [3.63, 3.8) is 0 Å². The van der Waals surface area contributed by atoms with Crippen molar-refractivity contribution >= 4 is 37.2 Å². The first-order valence-corrected chi connectivity index (χ1v) is 7.21. The third kappa shape index (κ3) is 2.25. The molecule has 0 radical (unpaired) electrons. The molecule has 0 aliphatic heterocycles. The number of rotatable bonds is 2. The quantitative estimate of drug-likeness (QED) is 0.715. The average molecular weight is 300 g/mol. The summed E-state index contributed by atoms with van der Waals surface area (Å²) in [5, 5.41) is 32.0. The second-order valence-corrected chi connectivity index (χ2v) is 5.60. The highest BCUT2D eigenvalue weighted by Gasteiger charge is 2.08. The fourth-order valence-corrected chi connectivity index (χ4v) is 3.38. The molecular weight excluding hydrogens is 292 g/mol. The predicted molar refractivity (Wildman–Crippen MR) is 86.8 cm³/mol. The van der Waals surface area contributed by atoms with Crippen LogP contribution in [0.25, 0.3) is 20.2 Å². The van der Waals surface area contributed by atoms with Crippen LogP contribution in [0.5, 0.6) is 0 Å². The van der Waals surface area contributed by atoms with E-state index in [1.165, 1.54) is 10.1 Å². The van der Waals surface area contributed by atoms with Crippen LogP contribution in [0.3, 0.4) is 0 Å². The van der Waals surface area contributed by atoms with Crippen LogP contribution in [0, 0.1) is 34.0 Å². The summed E-state index contributed by atoms with van der Waals surface area (Å²) in [4.78, 5) is 0. The van der Waals surface area contributed by atoms with Crippen LogP contribution < -0.4 is 5.32 Å². The second-order valence-electron chi connectivity index (χ2n) is 4.52. The molecule has 5 heteroatoms. The Hall–Kier alpha value is -3.33. The third-order valence-electron chi connectivity index (χ3n) is 3.23. The van der Waals surface area contributed by atoms with Crippen molar-refractivity contribution in [1.29, 1.82) is 15.8 Å². The summed E-state index contributed by atoms with van der Waals surface area (Å²) < 4.78 is 2.28. The van der Waals surface area contributed by atoms with Crippen LogP contribution >= 0.6 is 11.3 Å². The Kier molecular flexibility index (Phi) is 3.46. The Balaban J connectivity index is 2.09. The Bertz CT molecular complexity index is 1020. The Morgan fingerprint density at radius 1 is 0.864 bits per heavy atom. The Labute approximate surface area is 130 Å². The number of hydrogen-bond donors (Lipinski definition) is 1. The molecule has 0 atom stereocenters. The van der Waals surface area contributed by atoms with Crippen molar-refractivity contribution in [3.8, 4) is 18.2 Å². The first-order chi connectivity index (χ1) is 10.8. The van der Waals surface area contributed by atoms with E-state index in [4.69, 9.17) is 15.8 Å². The molecule has 1 N–H and O–H groups in total. The normalized spacial score (nSPS) is 9.68. The lowest BCUT2D eigenvalue weighted by Crippen LogP contribution is -2.00. The van der Waals surface area contributed by atoms with E-state index >= 15 is 0 Å². The van der Waals surface area contributed by atoms with Crippen LogP contribution in [0.1, 0.15) is 0 Å². The third-order valence-corrected chi connectivity index (χ3v) is 4.37. The number of anilines is 1. The van der Waals surface area contributed by atoms with Gasteiger partial charge in [-0.2, -0.15) is 15.8 Å². The number of nitriles is 3. The predicted octanol–water partition coefficient (Wildman–Crippen LogP) is 4.29. The minimum Gasteiger partial charge on any atom is -0.345 e. The highest BCUT2D eigenvalue weighted by atomic mass is 32.1. The molecule has 0 aliphatic rings. The van der Waals surface area contributed by atoms with E-state index < -0.39 is 0 Å². The van der Waals surface area contributed by atoms with Crippen LogP contribution in [-0.2, 0) is 0 Å². The van der Waals surface area contributed by atoms with E-state index in [1.807, 2.05) is 36.4 Å². The highest BCUT2D eigenvalue weighted by molar-refractivity contribution is 7.25. The number of nitrogens with one attached hydrogen (secondary N) is 1. The molecule has 0 saturated carbocycles. The summed E-state index contributed by atoms with van der Waals surface area (Å²) in [7, 11) is 0. The molecule has 0 amide bonds. The van der Waals surface area contributed by atoms with E-state index in [2.05, 4.69) is 17.4 Å². The van der Waals surface area contributed by atoms with Gasteiger partial charge in [0.2, 0.25) is 0 Å². The topological polar surface area (TPSA) is 83.4 Å². The summed E-state index contributed by atoms with van der Waals surface area (Å²) in [5.74, 6) is 0. The minimum atomic E-state index is -0.223. The number of thiophene rings is 1.